The van der Waals surface area contributed by atoms with Gasteiger partial charge in [0.05, 0.1) is 18.3 Å². The molecule has 4 rings (SSSR count). The van der Waals surface area contributed by atoms with Crippen molar-refractivity contribution in [3.8, 4) is 0 Å². The number of aliphatic hydroxyl groups is 3. The molecule has 3 heteroatoms. The molecule has 8 atom stereocenters. The van der Waals surface area contributed by atoms with Gasteiger partial charge < -0.3 is 15.3 Å². The number of rotatable bonds is 0. The number of fused-ring (bicyclic) bond motifs is 3. The molecule has 0 radical (unpaired) electrons. The molecule has 4 fully saturated rings. The smallest absolute Gasteiger partial charge is 0.0835 e. The van der Waals surface area contributed by atoms with E-state index in [1.807, 2.05) is 0 Å². The predicted molar refractivity (Wildman–Crippen MR) is 89.7 cm³/mol. The van der Waals surface area contributed by atoms with Gasteiger partial charge in [0.25, 0.3) is 0 Å². The molecule has 0 aromatic carbocycles. The van der Waals surface area contributed by atoms with E-state index >= 15 is 0 Å². The van der Waals surface area contributed by atoms with Crippen LogP contribution < -0.4 is 0 Å². The molecule has 2 bridgehead atoms. The molecule has 130 valence electrons. The fourth-order valence-electron chi connectivity index (χ4n) is 7.91. The summed E-state index contributed by atoms with van der Waals surface area (Å²) in [7, 11) is 0. The lowest BCUT2D eigenvalue weighted by molar-refractivity contribution is -0.218. The van der Waals surface area contributed by atoms with Gasteiger partial charge in [0.1, 0.15) is 0 Å². The van der Waals surface area contributed by atoms with Gasteiger partial charge in [0, 0.05) is 11.3 Å². The van der Waals surface area contributed by atoms with E-state index in [0.29, 0.717) is 5.92 Å². The maximum absolute atomic E-state index is 11.1. The lowest BCUT2D eigenvalue weighted by Gasteiger charge is -2.65. The third kappa shape index (κ3) is 1.77. The van der Waals surface area contributed by atoms with E-state index in [1.165, 1.54) is 0 Å². The fourth-order valence-corrected chi connectivity index (χ4v) is 7.91. The Morgan fingerprint density at radius 2 is 1.65 bits per heavy atom. The van der Waals surface area contributed by atoms with Crippen LogP contribution in [0.15, 0.2) is 12.2 Å². The molecule has 23 heavy (non-hydrogen) atoms. The molecular formula is C20H32O3. The molecule has 3 nitrogen and oxygen atoms in total. The highest BCUT2D eigenvalue weighted by Crippen LogP contribution is 2.71. The van der Waals surface area contributed by atoms with Crippen LogP contribution in [0.1, 0.15) is 59.3 Å². The number of hydrogen-bond acceptors (Lipinski definition) is 3. The molecule has 4 aliphatic carbocycles. The fraction of sp³-hybridized carbons (Fsp3) is 0.900. The largest absolute Gasteiger partial charge is 0.393 e. The van der Waals surface area contributed by atoms with E-state index in [0.717, 1.165) is 44.1 Å². The second-order valence-electron chi connectivity index (χ2n) is 9.92. The van der Waals surface area contributed by atoms with Gasteiger partial charge >= 0.3 is 0 Å². The van der Waals surface area contributed by atoms with Crippen molar-refractivity contribution in [1.82, 2.24) is 0 Å². The van der Waals surface area contributed by atoms with Gasteiger partial charge in [-0.1, -0.05) is 27.4 Å². The molecular weight excluding hydrogens is 288 g/mol. The predicted octanol–water partition coefficient (Wildman–Crippen LogP) is 2.89. The summed E-state index contributed by atoms with van der Waals surface area (Å²) >= 11 is 0. The van der Waals surface area contributed by atoms with Crippen LogP contribution in [0.5, 0.6) is 0 Å². The standard InChI is InChI=1S/C20H32O3/c1-11-13-5-6-15-19(4)10-12(21)9-18(2,3)14(19)7-8-20(15,16(11)22)17(13)23/h12-17,21-23H,1,5-10H2,2-4H3/t12-,13+,14+,15+,16+,17-,19-,20-/m1/s1. The molecule has 4 saturated carbocycles. The molecule has 0 amide bonds. The van der Waals surface area contributed by atoms with Gasteiger partial charge in [-0.2, -0.15) is 0 Å². The Balaban J connectivity index is 1.82. The van der Waals surface area contributed by atoms with Gasteiger partial charge in [-0.05, 0) is 66.8 Å². The zero-order chi connectivity index (χ0) is 16.8. The lowest BCUT2D eigenvalue weighted by atomic mass is 9.40. The molecule has 1 spiro atoms. The first kappa shape index (κ1) is 16.1. The van der Waals surface area contributed by atoms with Crippen molar-refractivity contribution in [2.45, 2.75) is 77.6 Å². The molecule has 0 aromatic heterocycles. The maximum Gasteiger partial charge on any atom is 0.0835 e. The van der Waals surface area contributed by atoms with Gasteiger partial charge in [0.15, 0.2) is 0 Å². The van der Waals surface area contributed by atoms with Crippen molar-refractivity contribution < 1.29 is 15.3 Å². The zero-order valence-corrected chi connectivity index (χ0v) is 14.8. The third-order valence-corrected chi connectivity index (χ3v) is 8.52. The van der Waals surface area contributed by atoms with Gasteiger partial charge in [-0.15, -0.1) is 0 Å². The van der Waals surface area contributed by atoms with E-state index in [-0.39, 0.29) is 28.8 Å². The van der Waals surface area contributed by atoms with E-state index in [9.17, 15) is 15.3 Å². The van der Waals surface area contributed by atoms with E-state index in [1.54, 1.807) is 0 Å². The number of aliphatic hydroxyl groups excluding tert-OH is 3. The first-order valence-corrected chi connectivity index (χ1v) is 9.37. The lowest BCUT2D eigenvalue weighted by Crippen LogP contribution is -2.63. The van der Waals surface area contributed by atoms with Crippen molar-refractivity contribution in [3.05, 3.63) is 12.2 Å². The summed E-state index contributed by atoms with van der Waals surface area (Å²) < 4.78 is 0. The third-order valence-electron chi connectivity index (χ3n) is 8.52. The summed E-state index contributed by atoms with van der Waals surface area (Å²) in [5, 5.41) is 32.6. The summed E-state index contributed by atoms with van der Waals surface area (Å²) in [5.74, 6) is 0.908. The molecule has 0 saturated heterocycles. The van der Waals surface area contributed by atoms with Crippen molar-refractivity contribution in [1.29, 1.82) is 0 Å². The zero-order valence-electron chi connectivity index (χ0n) is 14.8. The van der Waals surface area contributed by atoms with Crippen molar-refractivity contribution in [3.63, 3.8) is 0 Å². The van der Waals surface area contributed by atoms with Crippen LogP contribution in [0.4, 0.5) is 0 Å². The molecule has 0 aliphatic heterocycles. The Kier molecular flexibility index (Phi) is 3.23. The topological polar surface area (TPSA) is 60.7 Å². The Labute approximate surface area is 139 Å². The highest BCUT2D eigenvalue weighted by Gasteiger charge is 2.70. The highest BCUT2D eigenvalue weighted by molar-refractivity contribution is 5.30. The van der Waals surface area contributed by atoms with Crippen LogP contribution in [0.25, 0.3) is 0 Å². The van der Waals surface area contributed by atoms with E-state index < -0.39 is 17.6 Å². The first-order valence-electron chi connectivity index (χ1n) is 9.37. The van der Waals surface area contributed by atoms with Gasteiger partial charge in [-0.3, -0.25) is 0 Å². The minimum Gasteiger partial charge on any atom is -0.393 e. The average molecular weight is 320 g/mol. The first-order chi connectivity index (χ1) is 10.6. The SMILES string of the molecule is C=C1[C@@H]2CC[C@H]3[C@]4(C)C[C@H](O)CC(C)(C)[C@@H]4CC[C@]3([C@@H]2O)[C@H]1O. The van der Waals surface area contributed by atoms with Crippen LogP contribution in [-0.4, -0.2) is 33.6 Å². The summed E-state index contributed by atoms with van der Waals surface area (Å²) in [6.45, 7) is 11.0. The summed E-state index contributed by atoms with van der Waals surface area (Å²) in [6, 6.07) is 0. The van der Waals surface area contributed by atoms with E-state index in [2.05, 4.69) is 27.4 Å². The molecule has 0 unspecified atom stereocenters. The molecule has 3 N–H and O–H groups in total. The van der Waals surface area contributed by atoms with Crippen LogP contribution in [0.3, 0.4) is 0 Å². The summed E-state index contributed by atoms with van der Waals surface area (Å²) in [4.78, 5) is 0. The average Bonchev–Trinajstić information content (AvgIpc) is 2.55. The van der Waals surface area contributed by atoms with Crippen molar-refractivity contribution in [2.24, 2.45) is 34.0 Å². The minimum atomic E-state index is -0.574. The number of hydrogen-bond donors (Lipinski definition) is 3. The maximum atomic E-state index is 11.1. The van der Waals surface area contributed by atoms with Crippen molar-refractivity contribution >= 4 is 0 Å². The minimum absolute atomic E-state index is 0.00301. The normalized spacial score (nSPS) is 57.7. The van der Waals surface area contributed by atoms with Gasteiger partial charge in [-0.25, -0.2) is 0 Å². The summed E-state index contributed by atoms with van der Waals surface area (Å²) in [6.07, 6.45) is 4.31. The van der Waals surface area contributed by atoms with Crippen LogP contribution in [0, 0.1) is 34.0 Å². The van der Waals surface area contributed by atoms with Crippen LogP contribution >= 0.6 is 0 Å². The second-order valence-corrected chi connectivity index (χ2v) is 9.92. The Morgan fingerprint density at radius 3 is 2.35 bits per heavy atom. The van der Waals surface area contributed by atoms with Crippen LogP contribution in [-0.2, 0) is 0 Å². The molecule has 0 aromatic rings. The van der Waals surface area contributed by atoms with Gasteiger partial charge in [0.2, 0.25) is 0 Å². The second kappa shape index (κ2) is 4.62. The summed E-state index contributed by atoms with van der Waals surface area (Å²) in [5.41, 5.74) is 0.559. The highest BCUT2D eigenvalue weighted by atomic mass is 16.3. The molecule has 0 heterocycles. The van der Waals surface area contributed by atoms with E-state index in [4.69, 9.17) is 0 Å². The Morgan fingerprint density at radius 1 is 0.957 bits per heavy atom. The van der Waals surface area contributed by atoms with Crippen LogP contribution in [0.2, 0.25) is 0 Å². The molecule has 4 aliphatic rings. The Bertz CT molecular complexity index is 541. The Hall–Kier alpha value is -0.380. The quantitative estimate of drug-likeness (QED) is 0.602. The monoisotopic (exact) mass is 320 g/mol. The van der Waals surface area contributed by atoms with Crippen molar-refractivity contribution in [2.75, 3.05) is 0 Å².